The first-order valence-corrected chi connectivity index (χ1v) is 10.5. The van der Waals surface area contributed by atoms with Gasteiger partial charge in [-0.3, -0.25) is 4.79 Å². The van der Waals surface area contributed by atoms with Crippen LogP contribution in [-0.4, -0.2) is 47.5 Å². The molecule has 0 saturated heterocycles. The Hall–Kier alpha value is -0.693. The highest BCUT2D eigenvalue weighted by molar-refractivity contribution is 6.74. The fraction of sp³-hybridized carbons (Fsp3) is 0.812. The van der Waals surface area contributed by atoms with E-state index >= 15 is 0 Å². The van der Waals surface area contributed by atoms with E-state index in [1.807, 2.05) is 0 Å². The molecule has 0 aromatic rings. The molecular formula is C16H32O5Si. The van der Waals surface area contributed by atoms with Crippen molar-refractivity contribution in [3.05, 3.63) is 12.7 Å². The molecule has 6 heteroatoms. The van der Waals surface area contributed by atoms with E-state index in [-0.39, 0.29) is 36.4 Å². The maximum atomic E-state index is 11.4. The van der Waals surface area contributed by atoms with Crippen LogP contribution in [0.5, 0.6) is 0 Å². The van der Waals surface area contributed by atoms with E-state index in [0.717, 1.165) is 0 Å². The van der Waals surface area contributed by atoms with Gasteiger partial charge in [0, 0.05) is 13.5 Å². The fourth-order valence-corrected chi connectivity index (χ4v) is 2.93. The molecule has 0 rings (SSSR count). The number of hydrogen-bond donors (Lipinski definition) is 0. The van der Waals surface area contributed by atoms with Gasteiger partial charge in [0.05, 0.1) is 19.3 Å². The molecule has 0 N–H and O–H groups in total. The zero-order valence-corrected chi connectivity index (χ0v) is 16.1. The minimum atomic E-state index is -1.96. The molecule has 0 radical (unpaired) electrons. The monoisotopic (exact) mass is 332 g/mol. The maximum Gasteiger partial charge on any atom is 0.305 e. The van der Waals surface area contributed by atoms with Crippen LogP contribution in [0.3, 0.4) is 0 Å². The van der Waals surface area contributed by atoms with E-state index < -0.39 is 8.32 Å². The lowest BCUT2D eigenvalue weighted by atomic mass is 10.1. The van der Waals surface area contributed by atoms with Gasteiger partial charge in [0.1, 0.15) is 6.79 Å². The summed E-state index contributed by atoms with van der Waals surface area (Å²) in [5.74, 6) is -0.263. The van der Waals surface area contributed by atoms with Crippen molar-refractivity contribution in [2.45, 2.75) is 64.0 Å². The molecule has 0 aliphatic rings. The third-order valence-corrected chi connectivity index (χ3v) is 8.57. The number of ether oxygens (including phenoxy) is 3. The highest BCUT2D eigenvalue weighted by Crippen LogP contribution is 2.38. The molecule has 0 fully saturated rings. The summed E-state index contributed by atoms with van der Waals surface area (Å²) in [5.41, 5.74) is 0. The van der Waals surface area contributed by atoms with Gasteiger partial charge in [0.25, 0.3) is 0 Å². The van der Waals surface area contributed by atoms with Gasteiger partial charge in [-0.05, 0) is 24.6 Å². The molecule has 0 amide bonds. The molecule has 0 aromatic carbocycles. The van der Waals surface area contributed by atoms with E-state index in [1.54, 1.807) is 13.2 Å². The third-order valence-electron chi connectivity index (χ3n) is 4.10. The first-order chi connectivity index (χ1) is 10.1. The summed E-state index contributed by atoms with van der Waals surface area (Å²) in [6, 6.07) is 0. The van der Waals surface area contributed by atoms with Crippen molar-refractivity contribution in [1.82, 2.24) is 0 Å². The van der Waals surface area contributed by atoms with E-state index in [0.29, 0.717) is 6.42 Å². The lowest BCUT2D eigenvalue weighted by Crippen LogP contribution is -2.47. The van der Waals surface area contributed by atoms with Crippen LogP contribution in [0.4, 0.5) is 0 Å². The fourth-order valence-electron chi connectivity index (χ4n) is 1.65. The second-order valence-corrected chi connectivity index (χ2v) is 11.6. The van der Waals surface area contributed by atoms with Crippen LogP contribution >= 0.6 is 0 Å². The van der Waals surface area contributed by atoms with Gasteiger partial charge < -0.3 is 18.6 Å². The molecule has 0 aromatic heterocycles. The lowest BCUT2D eigenvalue weighted by Gasteiger charge is -2.40. The normalized spacial score (nSPS) is 15.2. The first kappa shape index (κ1) is 21.3. The molecule has 130 valence electrons. The zero-order valence-electron chi connectivity index (χ0n) is 15.1. The maximum absolute atomic E-state index is 11.4. The Kier molecular flexibility index (Phi) is 9.15. The number of carbonyl (C=O) groups is 1. The minimum absolute atomic E-state index is 0.0857. The van der Waals surface area contributed by atoms with Gasteiger partial charge in [-0.25, -0.2) is 0 Å². The number of esters is 1. The van der Waals surface area contributed by atoms with Gasteiger partial charge in [-0.1, -0.05) is 26.8 Å². The van der Waals surface area contributed by atoms with E-state index in [4.69, 9.17) is 13.9 Å². The molecule has 0 aliphatic carbocycles. The van der Waals surface area contributed by atoms with E-state index in [9.17, 15) is 4.79 Å². The van der Waals surface area contributed by atoms with Crippen LogP contribution in [0, 0.1) is 0 Å². The minimum Gasteiger partial charge on any atom is -0.469 e. The summed E-state index contributed by atoms with van der Waals surface area (Å²) in [6.45, 7) is 14.9. The van der Waals surface area contributed by atoms with E-state index in [2.05, 4.69) is 45.2 Å². The third kappa shape index (κ3) is 7.04. The second-order valence-electron chi connectivity index (χ2n) is 6.80. The molecule has 22 heavy (non-hydrogen) atoms. The molecule has 2 atom stereocenters. The van der Waals surface area contributed by atoms with Crippen molar-refractivity contribution in [2.24, 2.45) is 0 Å². The van der Waals surface area contributed by atoms with Crippen LogP contribution in [-0.2, 0) is 23.4 Å². The Morgan fingerprint density at radius 1 is 1.27 bits per heavy atom. The number of methoxy groups -OCH3 is 2. The van der Waals surface area contributed by atoms with Crippen molar-refractivity contribution in [3.63, 3.8) is 0 Å². The van der Waals surface area contributed by atoms with Crippen LogP contribution in [0.15, 0.2) is 12.7 Å². The van der Waals surface area contributed by atoms with E-state index in [1.165, 1.54) is 7.11 Å². The Bertz CT molecular complexity index is 349. The zero-order chi connectivity index (χ0) is 17.4. The molecule has 0 heterocycles. The average Bonchev–Trinajstić information content (AvgIpc) is 2.43. The van der Waals surface area contributed by atoms with Crippen LogP contribution in [0.2, 0.25) is 18.1 Å². The van der Waals surface area contributed by atoms with Crippen LogP contribution in [0.25, 0.3) is 0 Å². The summed E-state index contributed by atoms with van der Waals surface area (Å²) in [6.07, 6.45) is 1.96. The van der Waals surface area contributed by atoms with Crippen LogP contribution < -0.4 is 0 Å². The van der Waals surface area contributed by atoms with Gasteiger partial charge in [0.15, 0.2) is 8.32 Å². The predicted molar refractivity (Wildman–Crippen MR) is 90.3 cm³/mol. The van der Waals surface area contributed by atoms with Crippen molar-refractivity contribution in [2.75, 3.05) is 21.0 Å². The topological polar surface area (TPSA) is 54.0 Å². The van der Waals surface area contributed by atoms with Gasteiger partial charge in [-0.2, -0.15) is 0 Å². The molecule has 0 spiro atoms. The predicted octanol–water partition coefficient (Wildman–Crippen LogP) is 3.51. The standard InChI is InChI=1S/C16H32O5Si/c1-9-13(21-22(7,8)16(2,3)4)14(20-12-18-5)10-11-15(17)19-6/h9,13-14H,1,10-12H2,2-8H3/t13-,14-/m1/s1. The summed E-state index contributed by atoms with van der Waals surface area (Å²) in [5, 5.41) is 0.0857. The Balaban J connectivity index is 4.96. The Morgan fingerprint density at radius 3 is 2.27 bits per heavy atom. The van der Waals surface area contributed by atoms with Gasteiger partial charge in [-0.15, -0.1) is 6.58 Å². The van der Waals surface area contributed by atoms with Gasteiger partial charge >= 0.3 is 5.97 Å². The summed E-state index contributed by atoms with van der Waals surface area (Å²) in [7, 11) is 0.980. The largest absolute Gasteiger partial charge is 0.469 e. The summed E-state index contributed by atoms with van der Waals surface area (Å²) in [4.78, 5) is 11.4. The highest BCUT2D eigenvalue weighted by atomic mass is 28.4. The molecule has 0 saturated carbocycles. The average molecular weight is 333 g/mol. The molecular weight excluding hydrogens is 300 g/mol. The number of carbonyl (C=O) groups excluding carboxylic acids is 1. The molecule has 0 unspecified atom stereocenters. The Morgan fingerprint density at radius 2 is 1.86 bits per heavy atom. The first-order valence-electron chi connectivity index (χ1n) is 7.56. The SMILES string of the molecule is C=C[C@@H](O[Si](C)(C)C(C)(C)C)[C@@H](CCC(=O)OC)OCOC. The van der Waals surface area contributed by atoms with Crippen molar-refractivity contribution in [3.8, 4) is 0 Å². The molecule has 0 bridgehead atoms. The quantitative estimate of drug-likeness (QED) is 0.265. The summed E-state index contributed by atoms with van der Waals surface area (Å²) >= 11 is 0. The van der Waals surface area contributed by atoms with Gasteiger partial charge in [0.2, 0.25) is 0 Å². The van der Waals surface area contributed by atoms with Crippen molar-refractivity contribution in [1.29, 1.82) is 0 Å². The van der Waals surface area contributed by atoms with Crippen molar-refractivity contribution < 1.29 is 23.4 Å². The Labute approximate surface area is 136 Å². The highest BCUT2D eigenvalue weighted by Gasteiger charge is 2.40. The van der Waals surface area contributed by atoms with Crippen molar-refractivity contribution >= 4 is 14.3 Å². The smallest absolute Gasteiger partial charge is 0.305 e. The summed E-state index contributed by atoms with van der Waals surface area (Å²) < 4.78 is 21.7. The lowest BCUT2D eigenvalue weighted by molar-refractivity contribution is -0.143. The molecule has 5 nitrogen and oxygen atoms in total. The molecule has 0 aliphatic heterocycles. The second kappa shape index (κ2) is 9.45. The number of hydrogen-bond acceptors (Lipinski definition) is 5. The number of rotatable bonds is 10. The van der Waals surface area contributed by atoms with Crippen LogP contribution in [0.1, 0.15) is 33.6 Å².